The Balaban J connectivity index is 1.56. The molecular formula is C25H25N5O. The summed E-state index contributed by atoms with van der Waals surface area (Å²) in [6.07, 6.45) is 2.66. The highest BCUT2D eigenvalue weighted by Crippen LogP contribution is 2.36. The lowest BCUT2D eigenvalue weighted by atomic mass is 9.99. The van der Waals surface area contributed by atoms with Crippen LogP contribution in [0.4, 0.5) is 5.69 Å². The van der Waals surface area contributed by atoms with Gasteiger partial charge in [0.25, 0.3) is 5.91 Å². The van der Waals surface area contributed by atoms with E-state index in [1.165, 1.54) is 17.4 Å². The molecule has 0 radical (unpaired) electrons. The summed E-state index contributed by atoms with van der Waals surface area (Å²) < 4.78 is 1.74. The maximum absolute atomic E-state index is 11.6. The SMILES string of the molecule is Cc1cc(N2CCC(c3ccccc3)C2)c2cc(-c3ncc(C(N)=O)n3C)ccc2n1. The number of anilines is 1. The van der Waals surface area contributed by atoms with E-state index in [0.717, 1.165) is 41.7 Å². The number of aromatic nitrogens is 3. The summed E-state index contributed by atoms with van der Waals surface area (Å²) in [4.78, 5) is 23.3. The molecule has 1 amide bonds. The van der Waals surface area contributed by atoms with E-state index in [-0.39, 0.29) is 0 Å². The molecule has 0 aliphatic carbocycles. The van der Waals surface area contributed by atoms with Crippen LogP contribution in [0.15, 0.2) is 60.8 Å². The first-order valence-electron chi connectivity index (χ1n) is 10.5. The van der Waals surface area contributed by atoms with Crippen molar-refractivity contribution in [1.82, 2.24) is 14.5 Å². The van der Waals surface area contributed by atoms with Crippen molar-refractivity contribution in [2.45, 2.75) is 19.3 Å². The monoisotopic (exact) mass is 411 g/mol. The number of aryl methyl sites for hydroxylation is 1. The molecule has 31 heavy (non-hydrogen) atoms. The van der Waals surface area contributed by atoms with Gasteiger partial charge in [0.2, 0.25) is 0 Å². The molecule has 1 unspecified atom stereocenters. The van der Waals surface area contributed by atoms with Gasteiger partial charge in [-0.25, -0.2) is 4.98 Å². The average molecular weight is 412 g/mol. The van der Waals surface area contributed by atoms with E-state index in [1.807, 2.05) is 26.1 Å². The molecule has 2 aromatic heterocycles. The Hall–Kier alpha value is -3.67. The lowest BCUT2D eigenvalue weighted by Gasteiger charge is -2.22. The number of hydrogen-bond acceptors (Lipinski definition) is 4. The van der Waals surface area contributed by atoms with Gasteiger partial charge in [0.1, 0.15) is 11.5 Å². The van der Waals surface area contributed by atoms with Gasteiger partial charge in [-0.05, 0) is 43.2 Å². The third-order valence-corrected chi connectivity index (χ3v) is 6.21. The predicted molar refractivity (Wildman–Crippen MR) is 123 cm³/mol. The van der Waals surface area contributed by atoms with Crippen LogP contribution < -0.4 is 10.6 Å². The lowest BCUT2D eigenvalue weighted by molar-refractivity contribution is 0.0992. The summed E-state index contributed by atoms with van der Waals surface area (Å²) in [6, 6.07) is 19.1. The van der Waals surface area contributed by atoms with Gasteiger partial charge < -0.3 is 15.2 Å². The van der Waals surface area contributed by atoms with Crippen molar-refractivity contribution in [2.75, 3.05) is 18.0 Å². The molecule has 156 valence electrons. The summed E-state index contributed by atoms with van der Waals surface area (Å²) in [5, 5.41) is 1.10. The van der Waals surface area contributed by atoms with Gasteiger partial charge >= 0.3 is 0 Å². The molecule has 2 aromatic carbocycles. The zero-order chi connectivity index (χ0) is 21.5. The van der Waals surface area contributed by atoms with E-state index in [1.54, 1.807) is 4.57 Å². The number of imidazole rings is 1. The van der Waals surface area contributed by atoms with E-state index >= 15 is 0 Å². The number of nitrogens with zero attached hydrogens (tertiary/aromatic N) is 4. The number of carbonyl (C=O) groups is 1. The number of amides is 1. The van der Waals surface area contributed by atoms with E-state index in [9.17, 15) is 4.79 Å². The Kier molecular flexibility index (Phi) is 4.70. The van der Waals surface area contributed by atoms with Gasteiger partial charge in [-0.3, -0.25) is 9.78 Å². The number of rotatable bonds is 4. The Morgan fingerprint density at radius 3 is 2.68 bits per heavy atom. The summed E-state index contributed by atoms with van der Waals surface area (Å²) in [6.45, 7) is 4.04. The summed E-state index contributed by atoms with van der Waals surface area (Å²) in [5.41, 5.74) is 11.4. The Labute approximate surface area is 181 Å². The maximum Gasteiger partial charge on any atom is 0.266 e. The second-order valence-electron chi connectivity index (χ2n) is 8.25. The van der Waals surface area contributed by atoms with Crippen molar-refractivity contribution in [3.63, 3.8) is 0 Å². The van der Waals surface area contributed by atoms with Gasteiger partial charge in [-0.1, -0.05) is 30.3 Å². The smallest absolute Gasteiger partial charge is 0.266 e. The van der Waals surface area contributed by atoms with Gasteiger partial charge in [-0.15, -0.1) is 0 Å². The largest absolute Gasteiger partial charge is 0.370 e. The number of nitrogens with two attached hydrogens (primary N) is 1. The van der Waals surface area contributed by atoms with Crippen molar-refractivity contribution >= 4 is 22.5 Å². The fourth-order valence-electron chi connectivity index (χ4n) is 4.62. The quantitative estimate of drug-likeness (QED) is 0.550. The molecule has 5 rings (SSSR count). The third-order valence-electron chi connectivity index (χ3n) is 6.21. The first kappa shape index (κ1) is 19.3. The highest BCUT2D eigenvalue weighted by atomic mass is 16.1. The molecule has 0 saturated carbocycles. The molecule has 2 N–H and O–H groups in total. The molecule has 1 saturated heterocycles. The molecule has 6 heteroatoms. The van der Waals surface area contributed by atoms with Crippen LogP contribution in [-0.2, 0) is 7.05 Å². The van der Waals surface area contributed by atoms with E-state index in [4.69, 9.17) is 10.7 Å². The standard InChI is InChI=1S/C25H25N5O/c1-16-12-22(30-11-10-19(15-30)17-6-4-3-5-7-17)20-13-18(8-9-21(20)28-16)25-27-14-23(24(26)31)29(25)2/h3-9,12-14,19H,10-11,15H2,1-2H3,(H2,26,31). The predicted octanol–water partition coefficient (Wildman–Crippen LogP) is 4.04. The maximum atomic E-state index is 11.6. The molecule has 0 bridgehead atoms. The Morgan fingerprint density at radius 1 is 1.13 bits per heavy atom. The summed E-state index contributed by atoms with van der Waals surface area (Å²) in [5.74, 6) is 0.760. The van der Waals surface area contributed by atoms with Crippen molar-refractivity contribution in [2.24, 2.45) is 12.8 Å². The number of benzene rings is 2. The number of fused-ring (bicyclic) bond motifs is 1. The minimum atomic E-state index is -0.482. The zero-order valence-corrected chi connectivity index (χ0v) is 17.7. The minimum absolute atomic E-state index is 0.391. The molecule has 0 spiro atoms. The number of hydrogen-bond donors (Lipinski definition) is 1. The first-order chi connectivity index (χ1) is 15.0. The van der Waals surface area contributed by atoms with Crippen molar-refractivity contribution < 1.29 is 4.79 Å². The normalized spacial score (nSPS) is 16.2. The van der Waals surface area contributed by atoms with Crippen LogP contribution in [0.3, 0.4) is 0 Å². The average Bonchev–Trinajstić information content (AvgIpc) is 3.41. The summed E-state index contributed by atoms with van der Waals surface area (Å²) in [7, 11) is 1.81. The van der Waals surface area contributed by atoms with Gasteiger partial charge in [0.05, 0.1) is 11.7 Å². The second kappa shape index (κ2) is 7.54. The minimum Gasteiger partial charge on any atom is -0.370 e. The molecule has 1 fully saturated rings. The van der Waals surface area contributed by atoms with Crippen molar-refractivity contribution in [3.05, 3.63) is 77.7 Å². The van der Waals surface area contributed by atoms with Crippen LogP contribution in [0.25, 0.3) is 22.3 Å². The van der Waals surface area contributed by atoms with Crippen molar-refractivity contribution in [1.29, 1.82) is 0 Å². The van der Waals surface area contributed by atoms with Crippen LogP contribution in [0.2, 0.25) is 0 Å². The Morgan fingerprint density at radius 2 is 1.94 bits per heavy atom. The molecule has 1 aliphatic heterocycles. The van der Waals surface area contributed by atoms with Crippen LogP contribution in [0, 0.1) is 6.92 Å². The molecular weight excluding hydrogens is 386 g/mol. The van der Waals surface area contributed by atoms with Crippen molar-refractivity contribution in [3.8, 4) is 11.4 Å². The third kappa shape index (κ3) is 3.44. The number of carbonyl (C=O) groups excluding carboxylic acids is 1. The molecule has 1 atom stereocenters. The van der Waals surface area contributed by atoms with Gasteiger partial charge in [0.15, 0.2) is 0 Å². The topological polar surface area (TPSA) is 77.0 Å². The van der Waals surface area contributed by atoms with Crippen LogP contribution in [0.1, 0.15) is 34.1 Å². The van der Waals surface area contributed by atoms with Gasteiger partial charge in [-0.2, -0.15) is 0 Å². The van der Waals surface area contributed by atoms with E-state index in [2.05, 4.69) is 52.3 Å². The number of primary amides is 1. The second-order valence-corrected chi connectivity index (χ2v) is 8.25. The molecule has 6 nitrogen and oxygen atoms in total. The van der Waals surface area contributed by atoms with Crippen LogP contribution in [0.5, 0.6) is 0 Å². The fourth-order valence-corrected chi connectivity index (χ4v) is 4.62. The fraction of sp³-hybridized carbons (Fsp3) is 0.240. The highest BCUT2D eigenvalue weighted by molar-refractivity contribution is 5.95. The molecule has 1 aliphatic rings. The van der Waals surface area contributed by atoms with Crippen LogP contribution >= 0.6 is 0 Å². The van der Waals surface area contributed by atoms with Crippen LogP contribution in [-0.4, -0.2) is 33.5 Å². The zero-order valence-electron chi connectivity index (χ0n) is 17.7. The van der Waals surface area contributed by atoms with E-state index in [0.29, 0.717) is 17.4 Å². The Bertz CT molecular complexity index is 1280. The summed E-state index contributed by atoms with van der Waals surface area (Å²) >= 11 is 0. The highest BCUT2D eigenvalue weighted by Gasteiger charge is 2.25. The first-order valence-corrected chi connectivity index (χ1v) is 10.5. The number of pyridine rings is 1. The molecule has 4 aromatic rings. The molecule has 3 heterocycles. The van der Waals surface area contributed by atoms with Gasteiger partial charge in [0, 0.05) is 48.4 Å². The van der Waals surface area contributed by atoms with E-state index < -0.39 is 5.91 Å². The lowest BCUT2D eigenvalue weighted by Crippen LogP contribution is -2.20.